The minimum absolute atomic E-state index is 0.132. The van der Waals surface area contributed by atoms with E-state index in [9.17, 15) is 8.42 Å². The normalized spacial score (nSPS) is 18.4. The van der Waals surface area contributed by atoms with Crippen LogP contribution >= 0.6 is 0 Å². The van der Waals surface area contributed by atoms with Crippen molar-refractivity contribution in [1.82, 2.24) is 18.9 Å². The van der Waals surface area contributed by atoms with Gasteiger partial charge < -0.3 is 0 Å². The molecular formula is C17H15N5O2S. The van der Waals surface area contributed by atoms with Gasteiger partial charge in [-0.15, -0.1) is 10.2 Å². The molecule has 0 unspecified atom stereocenters. The van der Waals surface area contributed by atoms with Crippen LogP contribution in [0.1, 0.15) is 30.3 Å². The molecule has 1 aliphatic heterocycles. The van der Waals surface area contributed by atoms with Crippen LogP contribution in [0.25, 0.3) is 5.65 Å². The monoisotopic (exact) mass is 353 g/mol. The van der Waals surface area contributed by atoms with Gasteiger partial charge in [-0.05, 0) is 43.2 Å². The van der Waals surface area contributed by atoms with Gasteiger partial charge in [0.2, 0.25) is 10.0 Å². The molecule has 0 amide bonds. The van der Waals surface area contributed by atoms with Gasteiger partial charge in [-0.25, -0.2) is 8.42 Å². The standard InChI is InChI=1S/C17H15N5O2S/c18-12-13-5-3-6-14(11-13)25(23,24)22-10-4-7-15(22)17-20-19-16-8-1-2-9-21(16)17/h1-3,5-6,8-9,11,15H,4,7,10H2/t15-/m0/s1. The molecule has 1 saturated heterocycles. The Balaban J connectivity index is 1.77. The highest BCUT2D eigenvalue weighted by Crippen LogP contribution is 2.35. The lowest BCUT2D eigenvalue weighted by Crippen LogP contribution is -2.31. The van der Waals surface area contributed by atoms with Crippen molar-refractivity contribution >= 4 is 15.7 Å². The number of nitriles is 1. The molecule has 2 aromatic heterocycles. The van der Waals surface area contributed by atoms with Gasteiger partial charge in [0.25, 0.3) is 0 Å². The molecular weight excluding hydrogens is 338 g/mol. The van der Waals surface area contributed by atoms with Crippen LogP contribution < -0.4 is 0 Å². The first-order valence-corrected chi connectivity index (χ1v) is 9.37. The van der Waals surface area contributed by atoms with Crippen LogP contribution in [0, 0.1) is 11.3 Å². The second kappa shape index (κ2) is 5.95. The van der Waals surface area contributed by atoms with Gasteiger partial charge in [-0.2, -0.15) is 9.57 Å². The van der Waals surface area contributed by atoms with Crippen molar-refractivity contribution in [3.8, 4) is 6.07 Å². The number of rotatable bonds is 3. The average molecular weight is 353 g/mol. The van der Waals surface area contributed by atoms with E-state index in [4.69, 9.17) is 5.26 Å². The minimum Gasteiger partial charge on any atom is -0.285 e. The first-order chi connectivity index (χ1) is 12.1. The van der Waals surface area contributed by atoms with Crippen LogP contribution in [0.4, 0.5) is 0 Å². The molecule has 25 heavy (non-hydrogen) atoms. The highest BCUT2D eigenvalue weighted by molar-refractivity contribution is 7.89. The fourth-order valence-electron chi connectivity index (χ4n) is 3.23. The van der Waals surface area contributed by atoms with Crippen LogP contribution in [-0.4, -0.2) is 33.9 Å². The van der Waals surface area contributed by atoms with Crippen molar-refractivity contribution in [3.63, 3.8) is 0 Å². The van der Waals surface area contributed by atoms with E-state index in [1.165, 1.54) is 16.4 Å². The smallest absolute Gasteiger partial charge is 0.243 e. The summed E-state index contributed by atoms with van der Waals surface area (Å²) in [6.07, 6.45) is 3.28. The van der Waals surface area contributed by atoms with Crippen molar-refractivity contribution < 1.29 is 8.42 Å². The van der Waals surface area contributed by atoms with Crippen molar-refractivity contribution in [2.75, 3.05) is 6.54 Å². The summed E-state index contributed by atoms with van der Waals surface area (Å²) >= 11 is 0. The molecule has 0 aliphatic carbocycles. The lowest BCUT2D eigenvalue weighted by atomic mass is 10.2. The number of sulfonamides is 1. The molecule has 0 saturated carbocycles. The van der Waals surface area contributed by atoms with Crippen LogP contribution in [-0.2, 0) is 10.0 Å². The van der Waals surface area contributed by atoms with Gasteiger partial charge in [-0.3, -0.25) is 4.40 Å². The van der Waals surface area contributed by atoms with Gasteiger partial charge >= 0.3 is 0 Å². The van der Waals surface area contributed by atoms with Crippen LogP contribution in [0.2, 0.25) is 0 Å². The summed E-state index contributed by atoms with van der Waals surface area (Å²) in [4.78, 5) is 0.132. The summed E-state index contributed by atoms with van der Waals surface area (Å²) in [6.45, 7) is 0.422. The molecule has 8 heteroatoms. The Labute approximate surface area is 145 Å². The lowest BCUT2D eigenvalue weighted by molar-refractivity contribution is 0.381. The number of hydrogen-bond acceptors (Lipinski definition) is 5. The molecule has 0 bridgehead atoms. The number of benzene rings is 1. The Morgan fingerprint density at radius 2 is 2.04 bits per heavy atom. The van der Waals surface area contributed by atoms with E-state index in [2.05, 4.69) is 10.2 Å². The summed E-state index contributed by atoms with van der Waals surface area (Å²) in [7, 11) is -3.71. The zero-order valence-electron chi connectivity index (χ0n) is 13.3. The van der Waals surface area contributed by atoms with Crippen LogP contribution in [0.5, 0.6) is 0 Å². The zero-order valence-corrected chi connectivity index (χ0v) is 14.1. The number of nitrogens with zero attached hydrogens (tertiary/aromatic N) is 5. The molecule has 0 spiro atoms. The Kier molecular flexibility index (Phi) is 3.75. The minimum atomic E-state index is -3.71. The SMILES string of the molecule is N#Cc1cccc(S(=O)(=O)N2CCC[C@H]2c2nnc3ccccn23)c1. The van der Waals surface area contributed by atoms with E-state index in [0.29, 0.717) is 30.0 Å². The number of pyridine rings is 1. The van der Waals surface area contributed by atoms with Crippen molar-refractivity contribution in [1.29, 1.82) is 5.26 Å². The number of fused-ring (bicyclic) bond motifs is 1. The summed E-state index contributed by atoms with van der Waals surface area (Å²) < 4.78 is 29.5. The maximum atomic E-state index is 13.1. The van der Waals surface area contributed by atoms with E-state index in [0.717, 1.165) is 6.42 Å². The topological polar surface area (TPSA) is 91.4 Å². The maximum absolute atomic E-state index is 13.1. The predicted molar refractivity (Wildman–Crippen MR) is 90.0 cm³/mol. The van der Waals surface area contributed by atoms with E-state index < -0.39 is 10.0 Å². The highest BCUT2D eigenvalue weighted by atomic mass is 32.2. The summed E-state index contributed by atoms with van der Waals surface area (Å²) in [6, 6.07) is 13.3. The third kappa shape index (κ3) is 2.58. The molecule has 3 heterocycles. The fraction of sp³-hybridized carbons (Fsp3) is 0.235. The van der Waals surface area contributed by atoms with Gasteiger partial charge in [0.15, 0.2) is 11.5 Å². The van der Waals surface area contributed by atoms with Crippen molar-refractivity contribution in [2.24, 2.45) is 0 Å². The van der Waals surface area contributed by atoms with E-state index in [-0.39, 0.29) is 10.9 Å². The number of hydrogen-bond donors (Lipinski definition) is 0. The molecule has 7 nitrogen and oxygen atoms in total. The summed E-state index contributed by atoms with van der Waals surface area (Å²) in [5.74, 6) is 0.619. The Bertz CT molecular complexity index is 1080. The molecule has 1 aliphatic rings. The summed E-state index contributed by atoms with van der Waals surface area (Å²) in [5.41, 5.74) is 1.01. The van der Waals surface area contributed by atoms with Gasteiger partial charge in [-0.1, -0.05) is 12.1 Å². The molecule has 1 aromatic carbocycles. The van der Waals surface area contributed by atoms with E-state index in [1.807, 2.05) is 34.9 Å². The molecule has 1 fully saturated rings. The van der Waals surface area contributed by atoms with Crippen LogP contribution in [0.15, 0.2) is 53.6 Å². The van der Waals surface area contributed by atoms with E-state index in [1.54, 1.807) is 12.1 Å². The highest BCUT2D eigenvalue weighted by Gasteiger charge is 2.38. The third-order valence-electron chi connectivity index (χ3n) is 4.41. The number of aromatic nitrogens is 3. The zero-order chi connectivity index (χ0) is 17.4. The van der Waals surface area contributed by atoms with Gasteiger partial charge in [0, 0.05) is 12.7 Å². The van der Waals surface area contributed by atoms with Crippen LogP contribution in [0.3, 0.4) is 0 Å². The average Bonchev–Trinajstić information content (AvgIpc) is 3.28. The van der Waals surface area contributed by atoms with Crippen molar-refractivity contribution in [2.45, 2.75) is 23.8 Å². The largest absolute Gasteiger partial charge is 0.285 e. The molecule has 4 rings (SSSR count). The lowest BCUT2D eigenvalue weighted by Gasteiger charge is -2.23. The first-order valence-electron chi connectivity index (χ1n) is 7.93. The molecule has 0 N–H and O–H groups in total. The quantitative estimate of drug-likeness (QED) is 0.719. The van der Waals surface area contributed by atoms with E-state index >= 15 is 0 Å². The van der Waals surface area contributed by atoms with Gasteiger partial charge in [0.1, 0.15) is 0 Å². The molecule has 0 radical (unpaired) electrons. The first kappa shape index (κ1) is 15.7. The second-order valence-electron chi connectivity index (χ2n) is 5.90. The molecule has 126 valence electrons. The Morgan fingerprint density at radius 3 is 2.88 bits per heavy atom. The third-order valence-corrected chi connectivity index (χ3v) is 6.32. The maximum Gasteiger partial charge on any atom is 0.243 e. The van der Waals surface area contributed by atoms with Crippen molar-refractivity contribution in [3.05, 3.63) is 60.0 Å². The fourth-order valence-corrected chi connectivity index (χ4v) is 4.94. The predicted octanol–water partition coefficient (Wildman–Crippen LogP) is 2.13. The summed E-state index contributed by atoms with van der Waals surface area (Å²) in [5, 5.41) is 17.4. The van der Waals surface area contributed by atoms with Gasteiger partial charge in [0.05, 0.1) is 22.6 Å². The molecule has 3 aromatic rings. The Morgan fingerprint density at radius 1 is 1.16 bits per heavy atom. The Hall–Kier alpha value is -2.76. The second-order valence-corrected chi connectivity index (χ2v) is 7.79. The molecule has 1 atom stereocenters.